The molecule has 1 aromatic carbocycles. The number of aliphatic hydroxyl groups excluding tert-OH is 3. The second kappa shape index (κ2) is 11.7. The number of benzene rings is 1. The standard InChI is InChI=1S/C26H32N8O5S/c1-38-21-15-40(22(12-35)26(37)24(21)34-11-19(30-32-34)17-7-8-27-28-9-17)23-14-39-13-20(25(23)36)33-10-18(29-31-33)16-5-3-2-4-6-16/h2-11,20-26,35-37,40H,12-15H2,1H3/t20-,21-,22+,23+,24+,25+,26-/m0/s1. The summed E-state index contributed by atoms with van der Waals surface area (Å²) in [6.45, 7) is 0.355. The lowest BCUT2D eigenvalue weighted by molar-refractivity contribution is -0.0339. The third-order valence-electron chi connectivity index (χ3n) is 7.84. The van der Waals surface area contributed by atoms with Crippen LogP contribution >= 0.6 is 10.9 Å². The monoisotopic (exact) mass is 568 g/mol. The predicted octanol–water partition coefficient (Wildman–Crippen LogP) is 0.287. The maximum Gasteiger partial charge on any atom is 0.114 e. The van der Waals surface area contributed by atoms with Crippen LogP contribution in [0.1, 0.15) is 12.1 Å². The molecule has 0 amide bonds. The molecule has 1 unspecified atom stereocenters. The Labute approximate surface area is 233 Å². The maximum absolute atomic E-state index is 11.6. The van der Waals surface area contributed by atoms with Crippen molar-refractivity contribution in [2.75, 3.05) is 32.7 Å². The SMILES string of the molecule is CO[C@H]1C[SH]([C@@H]2COC[C@H](n3cc(-c4ccccc4)nn3)[C@H]2O)[C@H](CO)[C@H](O)[C@@H]1n1cc(-c2ccnnc2)nn1. The van der Waals surface area contributed by atoms with Crippen LogP contribution in [0.5, 0.6) is 0 Å². The van der Waals surface area contributed by atoms with E-state index >= 15 is 0 Å². The van der Waals surface area contributed by atoms with Crippen LogP contribution in [-0.2, 0) is 9.47 Å². The molecule has 3 N–H and O–H groups in total. The molecule has 2 aliphatic rings. The summed E-state index contributed by atoms with van der Waals surface area (Å²) in [4.78, 5) is 0. The fraction of sp³-hybridized carbons (Fsp3) is 0.462. The van der Waals surface area contributed by atoms with E-state index in [1.165, 1.54) is 0 Å². The molecule has 40 heavy (non-hydrogen) atoms. The fourth-order valence-corrected chi connectivity index (χ4v) is 9.18. The van der Waals surface area contributed by atoms with E-state index in [1.54, 1.807) is 41.1 Å². The van der Waals surface area contributed by atoms with Gasteiger partial charge < -0.3 is 24.8 Å². The second-order valence-corrected chi connectivity index (χ2v) is 12.7. The molecule has 6 rings (SSSR count). The third kappa shape index (κ3) is 5.02. The Morgan fingerprint density at radius 1 is 0.950 bits per heavy atom. The summed E-state index contributed by atoms with van der Waals surface area (Å²) in [7, 11) is 0.470. The Hall–Kier alpha value is -3.27. The van der Waals surface area contributed by atoms with Crippen molar-refractivity contribution in [3.63, 3.8) is 0 Å². The molecular weight excluding hydrogens is 536 g/mol. The quantitative estimate of drug-likeness (QED) is 0.226. The molecule has 13 nitrogen and oxygen atoms in total. The summed E-state index contributed by atoms with van der Waals surface area (Å²) in [6.07, 6.45) is 4.51. The Morgan fingerprint density at radius 3 is 2.42 bits per heavy atom. The fourth-order valence-electron chi connectivity index (χ4n) is 5.69. The maximum atomic E-state index is 11.6. The van der Waals surface area contributed by atoms with E-state index in [-0.39, 0.29) is 18.5 Å². The zero-order valence-electron chi connectivity index (χ0n) is 21.8. The van der Waals surface area contributed by atoms with Gasteiger partial charge in [-0.2, -0.15) is 10.2 Å². The van der Waals surface area contributed by atoms with Gasteiger partial charge in [-0.25, -0.2) is 20.3 Å². The summed E-state index contributed by atoms with van der Waals surface area (Å²) in [5, 5.41) is 57.6. The molecular formula is C26H32N8O5S. The number of nitrogens with zero attached hydrogens (tertiary/aromatic N) is 8. The first-order valence-electron chi connectivity index (χ1n) is 13.1. The summed E-state index contributed by atoms with van der Waals surface area (Å²) < 4.78 is 15.1. The highest BCUT2D eigenvalue weighted by atomic mass is 32.2. The highest BCUT2D eigenvalue weighted by molar-refractivity contribution is 8.18. The van der Waals surface area contributed by atoms with Gasteiger partial charge in [-0.15, -0.1) is 10.2 Å². The molecule has 8 atom stereocenters. The van der Waals surface area contributed by atoms with Crippen LogP contribution < -0.4 is 0 Å². The van der Waals surface area contributed by atoms with Crippen molar-refractivity contribution in [2.45, 2.75) is 40.9 Å². The summed E-state index contributed by atoms with van der Waals surface area (Å²) >= 11 is 0. The van der Waals surface area contributed by atoms with Gasteiger partial charge in [-0.05, 0) is 6.07 Å². The minimum atomic E-state index is -1.13. The van der Waals surface area contributed by atoms with Crippen LogP contribution in [0.15, 0.2) is 61.2 Å². The van der Waals surface area contributed by atoms with Crippen molar-refractivity contribution >= 4 is 10.9 Å². The normalized spacial score (nSPS) is 31.7. The minimum Gasteiger partial charge on any atom is -0.395 e. The third-order valence-corrected chi connectivity index (χ3v) is 11.2. The lowest BCUT2D eigenvalue weighted by Gasteiger charge is -2.51. The van der Waals surface area contributed by atoms with E-state index < -0.39 is 46.5 Å². The smallest absolute Gasteiger partial charge is 0.114 e. The van der Waals surface area contributed by atoms with Gasteiger partial charge in [0.05, 0.1) is 62.9 Å². The zero-order valence-corrected chi connectivity index (χ0v) is 22.7. The number of hydrogen-bond acceptors (Lipinski definition) is 11. The topological polar surface area (TPSA) is 166 Å². The van der Waals surface area contributed by atoms with E-state index in [0.717, 1.165) is 11.1 Å². The molecule has 0 saturated carbocycles. The van der Waals surface area contributed by atoms with Gasteiger partial charge in [0.15, 0.2) is 0 Å². The second-order valence-electron chi connectivity index (χ2n) is 10.0. The first-order chi connectivity index (χ1) is 19.6. The van der Waals surface area contributed by atoms with E-state index in [0.29, 0.717) is 23.7 Å². The number of hydrogen-bond donors (Lipinski definition) is 4. The number of ether oxygens (including phenoxy) is 2. The van der Waals surface area contributed by atoms with Crippen LogP contribution in [-0.4, -0.2) is 117 Å². The number of aliphatic hydroxyl groups is 3. The van der Waals surface area contributed by atoms with Gasteiger partial charge in [0.25, 0.3) is 0 Å². The highest BCUT2D eigenvalue weighted by Crippen LogP contribution is 2.51. The van der Waals surface area contributed by atoms with Crippen LogP contribution in [0.4, 0.5) is 0 Å². The molecule has 0 aliphatic carbocycles. The van der Waals surface area contributed by atoms with Crippen molar-refractivity contribution < 1.29 is 24.8 Å². The summed E-state index contributed by atoms with van der Waals surface area (Å²) in [5.41, 5.74) is 2.98. The van der Waals surface area contributed by atoms with E-state index in [9.17, 15) is 15.3 Å². The Morgan fingerprint density at radius 2 is 1.70 bits per heavy atom. The summed E-state index contributed by atoms with van der Waals surface area (Å²) in [6, 6.07) is 10.5. The van der Waals surface area contributed by atoms with Crippen LogP contribution in [0.25, 0.3) is 22.5 Å². The van der Waals surface area contributed by atoms with Crippen molar-refractivity contribution in [1.82, 2.24) is 40.2 Å². The molecule has 212 valence electrons. The minimum absolute atomic E-state index is 0.245. The molecule has 4 aromatic rings. The first kappa shape index (κ1) is 26.9. The average molecular weight is 569 g/mol. The zero-order chi connectivity index (χ0) is 27.6. The van der Waals surface area contributed by atoms with Gasteiger partial charge in [0.1, 0.15) is 23.5 Å². The van der Waals surface area contributed by atoms with Gasteiger partial charge >= 0.3 is 0 Å². The van der Waals surface area contributed by atoms with Crippen molar-refractivity contribution in [3.8, 4) is 22.5 Å². The van der Waals surface area contributed by atoms with E-state index in [4.69, 9.17) is 9.47 Å². The van der Waals surface area contributed by atoms with Crippen LogP contribution in [0, 0.1) is 0 Å². The van der Waals surface area contributed by atoms with Crippen LogP contribution in [0.3, 0.4) is 0 Å². The Bertz CT molecular complexity index is 1390. The number of methoxy groups -OCH3 is 1. The lowest BCUT2D eigenvalue weighted by Crippen LogP contribution is -2.55. The molecule has 14 heteroatoms. The van der Waals surface area contributed by atoms with Gasteiger partial charge in [-0.3, -0.25) is 0 Å². The average Bonchev–Trinajstić information content (AvgIpc) is 3.69. The highest BCUT2D eigenvalue weighted by Gasteiger charge is 2.49. The van der Waals surface area contributed by atoms with E-state index in [1.807, 2.05) is 36.5 Å². The number of aromatic nitrogens is 8. The Balaban J connectivity index is 1.23. The Kier molecular flexibility index (Phi) is 7.87. The van der Waals surface area contributed by atoms with Crippen molar-refractivity contribution in [2.24, 2.45) is 0 Å². The predicted molar refractivity (Wildman–Crippen MR) is 147 cm³/mol. The van der Waals surface area contributed by atoms with Gasteiger partial charge in [-0.1, -0.05) is 40.8 Å². The van der Waals surface area contributed by atoms with Crippen molar-refractivity contribution in [1.29, 1.82) is 0 Å². The number of rotatable bonds is 7. The molecule has 0 radical (unpaired) electrons. The number of thiol groups is 1. The van der Waals surface area contributed by atoms with Crippen molar-refractivity contribution in [3.05, 3.63) is 61.2 Å². The molecule has 2 saturated heterocycles. The van der Waals surface area contributed by atoms with E-state index in [2.05, 4.69) is 30.8 Å². The molecule has 3 aromatic heterocycles. The molecule has 5 heterocycles. The largest absolute Gasteiger partial charge is 0.395 e. The molecule has 0 bridgehead atoms. The summed E-state index contributed by atoms with van der Waals surface area (Å²) in [5.74, 6) is 0.537. The first-order valence-corrected chi connectivity index (χ1v) is 14.7. The molecule has 0 spiro atoms. The van der Waals surface area contributed by atoms with Gasteiger partial charge in [0.2, 0.25) is 0 Å². The van der Waals surface area contributed by atoms with Gasteiger partial charge in [0, 0.05) is 34.5 Å². The molecule has 2 fully saturated rings. The lowest BCUT2D eigenvalue weighted by atomic mass is 10.0. The molecule has 2 aliphatic heterocycles. The van der Waals surface area contributed by atoms with Crippen LogP contribution in [0.2, 0.25) is 0 Å².